The molecule has 1 amide bonds. The minimum atomic E-state index is 0.00376. The third-order valence-electron chi connectivity index (χ3n) is 4.53. The molecule has 2 atom stereocenters. The molecule has 22 heavy (non-hydrogen) atoms. The van der Waals surface area contributed by atoms with Gasteiger partial charge in [0.25, 0.3) is 0 Å². The third kappa shape index (κ3) is 3.10. The van der Waals surface area contributed by atoms with Gasteiger partial charge in [0, 0.05) is 31.8 Å². The number of carbonyl (C=O) groups excluding carboxylic acids is 1. The molecule has 2 heterocycles. The summed E-state index contributed by atoms with van der Waals surface area (Å²) in [7, 11) is 1.68. The Kier molecular flexibility index (Phi) is 4.95. The number of piperazine rings is 1. The van der Waals surface area contributed by atoms with E-state index in [2.05, 4.69) is 5.32 Å². The summed E-state index contributed by atoms with van der Waals surface area (Å²) in [5.41, 5.74) is 1.07. The van der Waals surface area contributed by atoms with Gasteiger partial charge in [0.05, 0.1) is 25.7 Å². The Morgan fingerprint density at radius 1 is 1.41 bits per heavy atom. The fourth-order valence-electron chi connectivity index (χ4n) is 3.36. The molecule has 5 heteroatoms. The van der Waals surface area contributed by atoms with E-state index in [0.717, 1.165) is 50.4 Å². The first-order valence-corrected chi connectivity index (χ1v) is 8.03. The average molecular weight is 304 g/mol. The van der Waals surface area contributed by atoms with E-state index in [9.17, 15) is 4.79 Å². The number of hydrogen-bond donors (Lipinski definition) is 1. The maximum Gasteiger partial charge on any atom is 0.228 e. The van der Waals surface area contributed by atoms with Crippen molar-refractivity contribution in [2.45, 2.75) is 18.9 Å². The standard InChI is InChI=1S/C17H24N2O3/c1-21-16-7-3-2-6-14(16)15-11-18-8-9-19(15)17(20)13-5-4-10-22-12-13/h2-3,6-7,13,15,18H,4-5,8-12H2,1H3. The Bertz CT molecular complexity index is 514. The molecule has 3 rings (SSSR count). The van der Waals surface area contributed by atoms with Crippen molar-refractivity contribution in [3.05, 3.63) is 29.8 Å². The van der Waals surface area contributed by atoms with Crippen molar-refractivity contribution in [1.82, 2.24) is 10.2 Å². The minimum absolute atomic E-state index is 0.00376. The van der Waals surface area contributed by atoms with Crippen LogP contribution in [0.25, 0.3) is 0 Å². The summed E-state index contributed by atoms with van der Waals surface area (Å²) in [4.78, 5) is 14.9. The van der Waals surface area contributed by atoms with Crippen LogP contribution in [-0.2, 0) is 9.53 Å². The molecule has 0 bridgehead atoms. The summed E-state index contributed by atoms with van der Waals surface area (Å²) in [6, 6.07) is 7.99. The van der Waals surface area contributed by atoms with Gasteiger partial charge in [0.15, 0.2) is 0 Å². The lowest BCUT2D eigenvalue weighted by atomic mass is 9.96. The molecule has 5 nitrogen and oxygen atoms in total. The second kappa shape index (κ2) is 7.11. The van der Waals surface area contributed by atoms with Crippen LogP contribution in [0.3, 0.4) is 0 Å². The van der Waals surface area contributed by atoms with Crippen LogP contribution < -0.4 is 10.1 Å². The number of amides is 1. The highest BCUT2D eigenvalue weighted by Crippen LogP contribution is 2.32. The van der Waals surface area contributed by atoms with E-state index in [1.807, 2.05) is 29.2 Å². The van der Waals surface area contributed by atoms with Gasteiger partial charge >= 0.3 is 0 Å². The van der Waals surface area contributed by atoms with Crippen molar-refractivity contribution in [2.24, 2.45) is 5.92 Å². The highest BCUT2D eigenvalue weighted by Gasteiger charge is 2.34. The lowest BCUT2D eigenvalue weighted by Crippen LogP contribution is -2.51. The zero-order chi connectivity index (χ0) is 15.4. The predicted molar refractivity (Wildman–Crippen MR) is 83.9 cm³/mol. The topological polar surface area (TPSA) is 50.8 Å². The quantitative estimate of drug-likeness (QED) is 0.921. The Balaban J connectivity index is 1.83. The van der Waals surface area contributed by atoms with Crippen LogP contribution in [0.1, 0.15) is 24.4 Å². The van der Waals surface area contributed by atoms with Gasteiger partial charge in [-0.05, 0) is 18.9 Å². The monoisotopic (exact) mass is 304 g/mol. The fourth-order valence-corrected chi connectivity index (χ4v) is 3.36. The molecular formula is C17H24N2O3. The Hall–Kier alpha value is -1.59. The summed E-state index contributed by atoms with van der Waals surface area (Å²) in [6.45, 7) is 3.67. The predicted octanol–water partition coefficient (Wildman–Crippen LogP) is 1.59. The second-order valence-corrected chi connectivity index (χ2v) is 5.91. The molecule has 2 aliphatic heterocycles. The molecule has 0 aliphatic carbocycles. The van der Waals surface area contributed by atoms with E-state index in [0.29, 0.717) is 6.61 Å². The van der Waals surface area contributed by atoms with Gasteiger partial charge in [-0.1, -0.05) is 18.2 Å². The normalized spacial score (nSPS) is 25.8. The molecule has 0 saturated carbocycles. The SMILES string of the molecule is COc1ccccc1C1CNCCN1C(=O)C1CCCOC1. The van der Waals surface area contributed by atoms with Gasteiger partial charge in [0.2, 0.25) is 5.91 Å². The van der Waals surface area contributed by atoms with Gasteiger partial charge < -0.3 is 19.7 Å². The third-order valence-corrected chi connectivity index (χ3v) is 4.53. The van der Waals surface area contributed by atoms with Crippen LogP contribution in [-0.4, -0.2) is 50.8 Å². The molecule has 2 unspecified atom stereocenters. The zero-order valence-corrected chi connectivity index (χ0v) is 13.1. The molecule has 0 aromatic heterocycles. The molecule has 2 saturated heterocycles. The molecule has 1 N–H and O–H groups in total. The number of para-hydroxylation sites is 1. The van der Waals surface area contributed by atoms with E-state index in [1.165, 1.54) is 0 Å². The smallest absolute Gasteiger partial charge is 0.228 e. The number of methoxy groups -OCH3 is 1. The zero-order valence-electron chi connectivity index (χ0n) is 13.1. The first-order valence-electron chi connectivity index (χ1n) is 8.03. The van der Waals surface area contributed by atoms with E-state index in [4.69, 9.17) is 9.47 Å². The van der Waals surface area contributed by atoms with Gasteiger partial charge in [-0.3, -0.25) is 4.79 Å². The van der Waals surface area contributed by atoms with E-state index in [1.54, 1.807) is 7.11 Å². The number of carbonyl (C=O) groups is 1. The van der Waals surface area contributed by atoms with Crippen molar-refractivity contribution >= 4 is 5.91 Å². The number of ether oxygens (including phenoxy) is 2. The second-order valence-electron chi connectivity index (χ2n) is 5.91. The molecule has 2 aliphatic rings. The van der Waals surface area contributed by atoms with Gasteiger partial charge in [-0.2, -0.15) is 0 Å². The van der Waals surface area contributed by atoms with Crippen LogP contribution in [0.15, 0.2) is 24.3 Å². The summed E-state index contributed by atoms with van der Waals surface area (Å²) in [6.07, 6.45) is 1.91. The molecule has 0 radical (unpaired) electrons. The van der Waals surface area contributed by atoms with Crippen molar-refractivity contribution in [2.75, 3.05) is 40.0 Å². The molecule has 1 aromatic rings. The van der Waals surface area contributed by atoms with Gasteiger partial charge in [-0.25, -0.2) is 0 Å². The van der Waals surface area contributed by atoms with Crippen LogP contribution in [0.2, 0.25) is 0 Å². The number of nitrogens with one attached hydrogen (secondary N) is 1. The van der Waals surface area contributed by atoms with Gasteiger partial charge in [0.1, 0.15) is 5.75 Å². The van der Waals surface area contributed by atoms with E-state index >= 15 is 0 Å². The lowest BCUT2D eigenvalue weighted by Gasteiger charge is -2.39. The van der Waals surface area contributed by atoms with E-state index < -0.39 is 0 Å². The number of hydrogen-bond acceptors (Lipinski definition) is 4. The largest absolute Gasteiger partial charge is 0.496 e. The number of rotatable bonds is 3. The average Bonchev–Trinajstić information content (AvgIpc) is 2.62. The summed E-state index contributed by atoms with van der Waals surface area (Å²) < 4.78 is 11.0. The summed E-state index contributed by atoms with van der Waals surface area (Å²) >= 11 is 0. The number of benzene rings is 1. The number of nitrogens with zero attached hydrogens (tertiary/aromatic N) is 1. The lowest BCUT2D eigenvalue weighted by molar-refractivity contribution is -0.143. The Morgan fingerprint density at radius 2 is 2.27 bits per heavy atom. The maximum absolute atomic E-state index is 12.9. The molecule has 0 spiro atoms. The first kappa shape index (κ1) is 15.3. The fraction of sp³-hybridized carbons (Fsp3) is 0.588. The van der Waals surface area contributed by atoms with Crippen molar-refractivity contribution < 1.29 is 14.3 Å². The maximum atomic E-state index is 12.9. The van der Waals surface area contributed by atoms with Crippen molar-refractivity contribution in [3.8, 4) is 5.75 Å². The Morgan fingerprint density at radius 3 is 3.05 bits per heavy atom. The van der Waals surface area contributed by atoms with Crippen LogP contribution in [0.5, 0.6) is 5.75 Å². The van der Waals surface area contributed by atoms with E-state index in [-0.39, 0.29) is 17.9 Å². The van der Waals surface area contributed by atoms with Gasteiger partial charge in [-0.15, -0.1) is 0 Å². The first-order chi connectivity index (χ1) is 10.8. The van der Waals surface area contributed by atoms with Crippen LogP contribution in [0.4, 0.5) is 0 Å². The molecule has 2 fully saturated rings. The highest BCUT2D eigenvalue weighted by atomic mass is 16.5. The summed E-state index contributed by atoms with van der Waals surface area (Å²) in [5.74, 6) is 1.06. The molecule has 1 aromatic carbocycles. The Labute approximate surface area is 131 Å². The molecule has 120 valence electrons. The highest BCUT2D eigenvalue weighted by molar-refractivity contribution is 5.80. The molecular weight excluding hydrogens is 280 g/mol. The van der Waals surface area contributed by atoms with Crippen molar-refractivity contribution in [1.29, 1.82) is 0 Å². The van der Waals surface area contributed by atoms with Crippen LogP contribution in [0, 0.1) is 5.92 Å². The van der Waals surface area contributed by atoms with Crippen molar-refractivity contribution in [3.63, 3.8) is 0 Å². The van der Waals surface area contributed by atoms with Crippen LogP contribution >= 0.6 is 0 Å². The minimum Gasteiger partial charge on any atom is -0.496 e. The summed E-state index contributed by atoms with van der Waals surface area (Å²) in [5, 5.41) is 3.39.